The number of rotatable bonds is 3. The van der Waals surface area contributed by atoms with E-state index in [9.17, 15) is 9.90 Å². The van der Waals surface area contributed by atoms with Crippen molar-refractivity contribution in [3.8, 4) is 0 Å². The number of anilines is 1. The lowest BCUT2D eigenvalue weighted by molar-refractivity contribution is 0.00935. The third kappa shape index (κ3) is 3.80. The molecule has 0 spiro atoms. The number of hydrogen-bond donors (Lipinski definition) is 2. The maximum Gasteiger partial charge on any atom is 0.317 e. The van der Waals surface area contributed by atoms with Gasteiger partial charge in [0.25, 0.3) is 0 Å². The molecule has 3 heterocycles. The number of hydrogen-bond acceptors (Lipinski definition) is 4. The van der Waals surface area contributed by atoms with Crippen LogP contribution in [-0.4, -0.2) is 53.4 Å². The van der Waals surface area contributed by atoms with Crippen molar-refractivity contribution >= 4 is 22.4 Å². The number of aliphatic hydroxyl groups is 1. The molecule has 2 amide bonds. The Kier molecular flexibility index (Phi) is 4.82. The molecule has 128 valence electrons. The minimum Gasteiger partial charge on any atom is -0.388 e. The minimum absolute atomic E-state index is 0.0100. The summed E-state index contributed by atoms with van der Waals surface area (Å²) in [6.45, 7) is 6.31. The number of carbonyl (C=O) groups is 1. The Bertz CT molecular complexity index is 518. The maximum atomic E-state index is 12.6. The van der Waals surface area contributed by atoms with Crippen LogP contribution in [0.1, 0.15) is 39.5 Å². The van der Waals surface area contributed by atoms with Crippen molar-refractivity contribution in [2.24, 2.45) is 0 Å². The summed E-state index contributed by atoms with van der Waals surface area (Å²) in [4.78, 5) is 16.8. The van der Waals surface area contributed by atoms with Gasteiger partial charge in [-0.2, -0.15) is 0 Å². The molecule has 0 aromatic carbocycles. The van der Waals surface area contributed by atoms with Crippen molar-refractivity contribution in [2.75, 3.05) is 24.5 Å². The lowest BCUT2D eigenvalue weighted by Crippen LogP contribution is -2.54. The van der Waals surface area contributed by atoms with Crippen molar-refractivity contribution < 1.29 is 9.90 Å². The van der Waals surface area contributed by atoms with Gasteiger partial charge in [-0.1, -0.05) is 0 Å². The molecular weight excluding hydrogens is 310 g/mol. The molecule has 0 aliphatic carbocycles. The van der Waals surface area contributed by atoms with Gasteiger partial charge in [0.15, 0.2) is 0 Å². The average molecular weight is 337 g/mol. The molecule has 6 heteroatoms. The third-order valence-corrected chi connectivity index (χ3v) is 5.90. The summed E-state index contributed by atoms with van der Waals surface area (Å²) in [5.41, 5.74) is -0.837. The molecule has 2 N–H and O–H groups in total. The summed E-state index contributed by atoms with van der Waals surface area (Å²) >= 11 is 1.77. The topological polar surface area (TPSA) is 55.8 Å². The van der Waals surface area contributed by atoms with Crippen LogP contribution in [0.5, 0.6) is 0 Å². The van der Waals surface area contributed by atoms with Crippen LogP contribution in [0.3, 0.4) is 0 Å². The summed E-state index contributed by atoms with van der Waals surface area (Å²) in [5.74, 6) is 0. The number of amides is 2. The van der Waals surface area contributed by atoms with Crippen molar-refractivity contribution in [3.05, 3.63) is 17.5 Å². The molecule has 2 aliphatic rings. The lowest BCUT2D eigenvalue weighted by atomic mass is 9.97. The van der Waals surface area contributed by atoms with Crippen molar-refractivity contribution in [2.45, 2.75) is 57.2 Å². The van der Waals surface area contributed by atoms with E-state index in [0.29, 0.717) is 0 Å². The zero-order valence-electron chi connectivity index (χ0n) is 14.0. The van der Waals surface area contributed by atoms with Crippen LogP contribution in [0.2, 0.25) is 0 Å². The first kappa shape index (κ1) is 16.6. The molecule has 5 nitrogen and oxygen atoms in total. The Hall–Kier alpha value is -1.27. The van der Waals surface area contributed by atoms with Crippen LogP contribution >= 0.6 is 11.3 Å². The summed E-state index contributed by atoms with van der Waals surface area (Å²) in [5, 5.41) is 16.9. The predicted octanol–water partition coefficient (Wildman–Crippen LogP) is 2.66. The van der Waals surface area contributed by atoms with Gasteiger partial charge in [0.2, 0.25) is 0 Å². The van der Waals surface area contributed by atoms with E-state index in [1.807, 2.05) is 4.90 Å². The first-order valence-electron chi connectivity index (χ1n) is 8.53. The number of nitrogens with zero attached hydrogens (tertiary/aromatic N) is 2. The van der Waals surface area contributed by atoms with E-state index in [4.69, 9.17) is 0 Å². The molecular formula is C17H27N3O2S. The van der Waals surface area contributed by atoms with Gasteiger partial charge in [-0.05, 0) is 57.0 Å². The fourth-order valence-electron chi connectivity index (χ4n) is 3.70. The van der Waals surface area contributed by atoms with Crippen LogP contribution < -0.4 is 10.2 Å². The van der Waals surface area contributed by atoms with Crippen molar-refractivity contribution in [1.82, 2.24) is 10.2 Å². The quantitative estimate of drug-likeness (QED) is 0.891. The van der Waals surface area contributed by atoms with E-state index in [1.54, 1.807) is 25.2 Å². The molecule has 2 aliphatic heterocycles. The zero-order valence-corrected chi connectivity index (χ0v) is 14.8. The van der Waals surface area contributed by atoms with E-state index in [0.717, 1.165) is 45.3 Å². The first-order chi connectivity index (χ1) is 10.9. The Labute approximate surface area is 142 Å². The Morgan fingerprint density at radius 3 is 2.65 bits per heavy atom. The number of likely N-dealkylation sites (tertiary alicyclic amines) is 1. The summed E-state index contributed by atoms with van der Waals surface area (Å²) in [6, 6.07) is 4.39. The molecule has 0 saturated carbocycles. The first-order valence-corrected chi connectivity index (χ1v) is 9.41. The van der Waals surface area contributed by atoms with E-state index in [2.05, 4.69) is 27.7 Å². The van der Waals surface area contributed by atoms with E-state index in [1.165, 1.54) is 5.00 Å². The third-order valence-electron chi connectivity index (χ3n) is 4.97. The molecule has 2 fully saturated rings. The maximum absolute atomic E-state index is 12.6. The van der Waals surface area contributed by atoms with Gasteiger partial charge in [0.1, 0.15) is 0 Å². The Balaban J connectivity index is 1.51. The highest BCUT2D eigenvalue weighted by molar-refractivity contribution is 7.14. The standard InChI is InChI=1S/C17H27N3O2S/c1-17(2,22)14-5-3-9-20(14)16(21)18-13-7-10-19(11-8-13)15-6-4-12-23-15/h4,6,12-14,22H,3,5,7-11H2,1-2H3,(H,18,21)/t14-/m1/s1. The van der Waals surface area contributed by atoms with E-state index in [-0.39, 0.29) is 18.1 Å². The number of piperidine rings is 1. The van der Waals surface area contributed by atoms with E-state index < -0.39 is 5.60 Å². The normalized spacial score (nSPS) is 23.3. The number of nitrogens with one attached hydrogen (secondary N) is 1. The number of thiophene rings is 1. The zero-order chi connectivity index (χ0) is 16.4. The second-order valence-electron chi connectivity index (χ2n) is 7.17. The molecule has 0 bridgehead atoms. The predicted molar refractivity (Wildman–Crippen MR) is 94.1 cm³/mol. The van der Waals surface area contributed by atoms with Gasteiger partial charge in [-0.15, -0.1) is 11.3 Å². The highest BCUT2D eigenvalue weighted by Gasteiger charge is 2.39. The van der Waals surface area contributed by atoms with Gasteiger partial charge in [0, 0.05) is 25.7 Å². The second-order valence-corrected chi connectivity index (χ2v) is 8.09. The Morgan fingerprint density at radius 2 is 2.04 bits per heavy atom. The van der Waals surface area contributed by atoms with Crippen LogP contribution in [0.4, 0.5) is 9.80 Å². The van der Waals surface area contributed by atoms with Crippen molar-refractivity contribution in [3.63, 3.8) is 0 Å². The van der Waals surface area contributed by atoms with Gasteiger partial charge in [-0.25, -0.2) is 4.79 Å². The van der Waals surface area contributed by atoms with Crippen LogP contribution in [0.15, 0.2) is 17.5 Å². The molecule has 1 atom stereocenters. The van der Waals surface area contributed by atoms with Gasteiger partial charge >= 0.3 is 6.03 Å². The molecule has 3 rings (SSSR count). The van der Waals surface area contributed by atoms with E-state index >= 15 is 0 Å². The smallest absolute Gasteiger partial charge is 0.317 e. The van der Waals surface area contributed by atoms with Crippen LogP contribution in [-0.2, 0) is 0 Å². The van der Waals surface area contributed by atoms with Gasteiger partial charge < -0.3 is 20.2 Å². The monoisotopic (exact) mass is 337 g/mol. The number of urea groups is 1. The SMILES string of the molecule is CC(C)(O)[C@H]1CCCN1C(=O)NC1CCN(c2cccs2)CC1. The van der Waals surface area contributed by atoms with Gasteiger partial charge in [0.05, 0.1) is 16.6 Å². The molecule has 0 radical (unpaired) electrons. The highest BCUT2D eigenvalue weighted by atomic mass is 32.1. The summed E-state index contributed by atoms with van der Waals surface area (Å²) < 4.78 is 0. The van der Waals surface area contributed by atoms with Crippen molar-refractivity contribution in [1.29, 1.82) is 0 Å². The molecule has 2 saturated heterocycles. The van der Waals surface area contributed by atoms with Gasteiger partial charge in [-0.3, -0.25) is 0 Å². The number of carbonyl (C=O) groups excluding carboxylic acids is 1. The largest absolute Gasteiger partial charge is 0.388 e. The Morgan fingerprint density at radius 1 is 1.30 bits per heavy atom. The molecule has 23 heavy (non-hydrogen) atoms. The molecule has 1 aromatic rings. The summed E-state index contributed by atoms with van der Waals surface area (Å²) in [6.07, 6.45) is 3.81. The fourth-order valence-corrected chi connectivity index (χ4v) is 4.48. The average Bonchev–Trinajstić information content (AvgIpc) is 3.19. The second kappa shape index (κ2) is 6.69. The lowest BCUT2D eigenvalue weighted by Gasteiger charge is -2.37. The molecule has 0 unspecified atom stereocenters. The van der Waals surface area contributed by atoms with Crippen LogP contribution in [0.25, 0.3) is 0 Å². The highest BCUT2D eigenvalue weighted by Crippen LogP contribution is 2.28. The fraction of sp³-hybridized carbons (Fsp3) is 0.706. The minimum atomic E-state index is -0.837. The summed E-state index contributed by atoms with van der Waals surface area (Å²) in [7, 11) is 0. The molecule has 1 aromatic heterocycles. The van der Waals surface area contributed by atoms with Crippen LogP contribution in [0, 0.1) is 0 Å².